The summed E-state index contributed by atoms with van der Waals surface area (Å²) >= 11 is 0. The van der Waals surface area contributed by atoms with Crippen LogP contribution in [-0.2, 0) is 0 Å². The van der Waals surface area contributed by atoms with E-state index in [1.54, 1.807) is 0 Å². The summed E-state index contributed by atoms with van der Waals surface area (Å²) < 4.78 is 0. The summed E-state index contributed by atoms with van der Waals surface area (Å²) in [6.45, 7) is 1.90. The molecule has 2 nitrogen and oxygen atoms in total. The number of rotatable bonds is 2. The Hall–Kier alpha value is -0.570. The molecule has 4 N–H and O–H groups in total. The Balaban J connectivity index is 0.00000121. The number of hydrogen-bond acceptors (Lipinski definition) is 1. The van der Waals surface area contributed by atoms with Crippen molar-refractivity contribution in [2.75, 3.05) is 0 Å². The molecule has 0 bridgehead atoms. The van der Waals surface area contributed by atoms with Gasteiger partial charge in [-0.1, -0.05) is 30.3 Å². The first-order valence-electron chi connectivity index (χ1n) is 3.78. The standard InChI is InChI=1S/C9H13NO.ClH/c1-7(10)9(11)8-5-3-2-4-6-8;/h2-7,9,11H,10H2,1H3;1H. The Labute approximate surface area is 78.8 Å². The van der Waals surface area contributed by atoms with Crippen LogP contribution in [0.1, 0.15) is 18.6 Å². The largest absolute Gasteiger partial charge is 1.00 e. The van der Waals surface area contributed by atoms with Crippen molar-refractivity contribution >= 4 is 0 Å². The first-order valence-corrected chi connectivity index (χ1v) is 3.78. The highest BCUT2D eigenvalue weighted by Crippen LogP contribution is 2.12. The van der Waals surface area contributed by atoms with Crippen LogP contribution in [0.15, 0.2) is 30.3 Å². The summed E-state index contributed by atoms with van der Waals surface area (Å²) in [6, 6.07) is 9.63. The summed E-state index contributed by atoms with van der Waals surface area (Å²) in [5.74, 6) is 0. The summed E-state index contributed by atoms with van der Waals surface area (Å²) in [4.78, 5) is 0. The van der Waals surface area contributed by atoms with E-state index in [0.717, 1.165) is 5.56 Å². The van der Waals surface area contributed by atoms with E-state index in [1.165, 1.54) is 0 Å². The molecule has 1 rings (SSSR count). The lowest BCUT2D eigenvalue weighted by Crippen LogP contribution is -3.00. The van der Waals surface area contributed by atoms with Gasteiger partial charge >= 0.3 is 0 Å². The van der Waals surface area contributed by atoms with E-state index in [0.29, 0.717) is 0 Å². The minimum Gasteiger partial charge on any atom is -1.00 e. The molecule has 0 saturated heterocycles. The van der Waals surface area contributed by atoms with Gasteiger partial charge in [-0.05, 0) is 12.5 Å². The molecule has 0 saturated carbocycles. The smallest absolute Gasteiger partial charge is 0.130 e. The van der Waals surface area contributed by atoms with Crippen molar-refractivity contribution in [3.8, 4) is 0 Å². The highest BCUT2D eigenvalue weighted by atomic mass is 35.5. The Bertz CT molecular complexity index is 213. The zero-order valence-corrected chi connectivity index (χ0v) is 7.83. The molecule has 12 heavy (non-hydrogen) atoms. The molecule has 0 aromatic heterocycles. The molecular weight excluding hydrogens is 174 g/mol. The van der Waals surface area contributed by atoms with Gasteiger partial charge in [0.2, 0.25) is 0 Å². The molecule has 3 heteroatoms. The maximum atomic E-state index is 9.54. The normalized spacial score (nSPS) is 14.6. The number of aliphatic hydroxyl groups excluding tert-OH is 1. The quantitative estimate of drug-likeness (QED) is 0.523. The van der Waals surface area contributed by atoms with Crippen LogP contribution in [0, 0.1) is 0 Å². The van der Waals surface area contributed by atoms with E-state index in [1.807, 2.05) is 37.3 Å². The zero-order chi connectivity index (χ0) is 8.27. The van der Waals surface area contributed by atoms with Crippen LogP contribution in [0.2, 0.25) is 0 Å². The number of hydrogen-bond donors (Lipinski definition) is 2. The third-order valence-electron chi connectivity index (χ3n) is 1.68. The molecule has 0 aliphatic rings. The predicted octanol–water partition coefficient (Wildman–Crippen LogP) is -2.65. The van der Waals surface area contributed by atoms with Gasteiger partial charge in [0.1, 0.15) is 12.1 Å². The Kier molecular flexibility index (Phi) is 4.90. The maximum Gasteiger partial charge on any atom is 0.130 e. The first kappa shape index (κ1) is 11.4. The van der Waals surface area contributed by atoms with Crippen LogP contribution in [0.5, 0.6) is 0 Å². The molecule has 1 aromatic rings. The monoisotopic (exact) mass is 187 g/mol. The lowest BCUT2D eigenvalue weighted by Gasteiger charge is -2.11. The van der Waals surface area contributed by atoms with E-state index in [9.17, 15) is 5.11 Å². The van der Waals surface area contributed by atoms with Crippen LogP contribution in [0.3, 0.4) is 0 Å². The topological polar surface area (TPSA) is 47.9 Å². The van der Waals surface area contributed by atoms with Gasteiger partial charge in [0, 0.05) is 0 Å². The summed E-state index contributed by atoms with van der Waals surface area (Å²) in [5.41, 5.74) is 4.70. The van der Waals surface area contributed by atoms with Gasteiger partial charge in [-0.2, -0.15) is 0 Å². The minimum atomic E-state index is -0.434. The summed E-state index contributed by atoms with van der Waals surface area (Å²) in [5, 5.41) is 9.54. The average Bonchev–Trinajstić information content (AvgIpc) is 2.05. The van der Waals surface area contributed by atoms with Crippen LogP contribution in [-0.4, -0.2) is 11.1 Å². The molecule has 0 heterocycles. The number of quaternary nitrogens is 1. The molecule has 0 fully saturated rings. The molecule has 0 radical (unpaired) electrons. The highest BCUT2D eigenvalue weighted by molar-refractivity contribution is 5.17. The first-order chi connectivity index (χ1) is 5.22. The average molecular weight is 188 g/mol. The van der Waals surface area contributed by atoms with E-state index >= 15 is 0 Å². The third-order valence-corrected chi connectivity index (χ3v) is 1.68. The van der Waals surface area contributed by atoms with Gasteiger partial charge in [0.15, 0.2) is 0 Å². The van der Waals surface area contributed by atoms with Crippen molar-refractivity contribution in [2.24, 2.45) is 0 Å². The fourth-order valence-corrected chi connectivity index (χ4v) is 0.979. The van der Waals surface area contributed by atoms with Gasteiger partial charge in [-0.15, -0.1) is 0 Å². The zero-order valence-electron chi connectivity index (χ0n) is 7.07. The van der Waals surface area contributed by atoms with Crippen molar-refractivity contribution in [1.29, 1.82) is 0 Å². The number of benzene rings is 1. The lowest BCUT2D eigenvalue weighted by molar-refractivity contribution is -0.433. The second-order valence-corrected chi connectivity index (χ2v) is 2.83. The van der Waals surface area contributed by atoms with Crippen molar-refractivity contribution in [3.63, 3.8) is 0 Å². The molecule has 0 spiro atoms. The van der Waals surface area contributed by atoms with Crippen LogP contribution >= 0.6 is 0 Å². The Morgan fingerprint density at radius 1 is 1.25 bits per heavy atom. The van der Waals surface area contributed by atoms with E-state index in [-0.39, 0.29) is 18.4 Å². The fraction of sp³-hybridized carbons (Fsp3) is 0.333. The second kappa shape index (κ2) is 5.14. The molecule has 0 aliphatic heterocycles. The van der Waals surface area contributed by atoms with Crippen LogP contribution < -0.4 is 18.1 Å². The summed E-state index contributed by atoms with van der Waals surface area (Å²) in [6.07, 6.45) is -0.434. The lowest BCUT2D eigenvalue weighted by atomic mass is 10.0. The van der Waals surface area contributed by atoms with Crippen LogP contribution in [0.4, 0.5) is 0 Å². The highest BCUT2D eigenvalue weighted by Gasteiger charge is 2.13. The van der Waals surface area contributed by atoms with E-state index in [2.05, 4.69) is 5.73 Å². The van der Waals surface area contributed by atoms with Gasteiger partial charge in [-0.25, -0.2) is 0 Å². The molecule has 1 aromatic carbocycles. The van der Waals surface area contributed by atoms with Gasteiger partial charge < -0.3 is 23.2 Å². The molecule has 0 aliphatic carbocycles. The molecule has 0 amide bonds. The van der Waals surface area contributed by atoms with Gasteiger partial charge in [0.25, 0.3) is 0 Å². The fourth-order valence-electron chi connectivity index (χ4n) is 0.979. The molecule has 2 atom stereocenters. The van der Waals surface area contributed by atoms with Crippen molar-refractivity contribution in [1.82, 2.24) is 0 Å². The SMILES string of the molecule is CC([NH3+])C(O)c1ccccc1.[Cl-]. The third kappa shape index (κ3) is 2.81. The molecule has 2 unspecified atom stereocenters. The minimum absolute atomic E-state index is 0. The Morgan fingerprint density at radius 2 is 1.75 bits per heavy atom. The molecule has 68 valence electrons. The second-order valence-electron chi connectivity index (χ2n) is 2.83. The Morgan fingerprint density at radius 3 is 2.17 bits per heavy atom. The maximum absolute atomic E-state index is 9.54. The van der Waals surface area contributed by atoms with Crippen molar-refractivity contribution < 1.29 is 23.2 Å². The summed E-state index contributed by atoms with van der Waals surface area (Å²) in [7, 11) is 0. The van der Waals surface area contributed by atoms with Crippen molar-refractivity contribution in [3.05, 3.63) is 35.9 Å². The number of aliphatic hydroxyl groups is 1. The van der Waals surface area contributed by atoms with E-state index < -0.39 is 6.10 Å². The predicted molar refractivity (Wildman–Crippen MR) is 43.8 cm³/mol. The van der Waals surface area contributed by atoms with Gasteiger partial charge in [-0.3, -0.25) is 0 Å². The number of halogens is 1. The van der Waals surface area contributed by atoms with Gasteiger partial charge in [0.05, 0.1) is 0 Å². The molecular formula is C9H14ClNO. The van der Waals surface area contributed by atoms with Crippen LogP contribution in [0.25, 0.3) is 0 Å². The van der Waals surface area contributed by atoms with E-state index in [4.69, 9.17) is 0 Å². The van der Waals surface area contributed by atoms with Crippen molar-refractivity contribution in [2.45, 2.75) is 19.1 Å².